The van der Waals surface area contributed by atoms with Gasteiger partial charge in [0.05, 0.1) is 19.0 Å². The SMILES string of the molecule is CC1(C)Oc2ccc(F)cc2[C@@H]2OCC3(CCN(CCn4ccnc4)CC3)C[C@H]21. The van der Waals surface area contributed by atoms with Crippen LogP contribution in [0.1, 0.15) is 44.8 Å². The van der Waals surface area contributed by atoms with E-state index in [1.54, 1.807) is 12.1 Å². The zero-order chi connectivity index (χ0) is 20.1. The van der Waals surface area contributed by atoms with Crippen molar-refractivity contribution in [1.82, 2.24) is 14.5 Å². The molecule has 29 heavy (non-hydrogen) atoms. The lowest BCUT2D eigenvalue weighted by Gasteiger charge is -2.54. The van der Waals surface area contributed by atoms with E-state index >= 15 is 0 Å². The van der Waals surface area contributed by atoms with Crippen molar-refractivity contribution < 1.29 is 13.9 Å². The molecule has 0 saturated carbocycles. The maximum atomic E-state index is 13.9. The first-order valence-electron chi connectivity index (χ1n) is 10.7. The summed E-state index contributed by atoms with van der Waals surface area (Å²) in [6.07, 6.45) is 9.03. The summed E-state index contributed by atoms with van der Waals surface area (Å²) in [5.41, 5.74) is 0.765. The molecule has 0 aliphatic carbocycles. The van der Waals surface area contributed by atoms with E-state index < -0.39 is 0 Å². The fourth-order valence-corrected chi connectivity index (χ4v) is 5.40. The minimum atomic E-state index is -0.318. The minimum absolute atomic E-state index is 0.0747. The average Bonchev–Trinajstić information content (AvgIpc) is 3.22. The van der Waals surface area contributed by atoms with Gasteiger partial charge in [0, 0.05) is 37.0 Å². The topological polar surface area (TPSA) is 39.5 Å². The third kappa shape index (κ3) is 3.57. The quantitative estimate of drug-likeness (QED) is 0.781. The Morgan fingerprint density at radius 1 is 1.21 bits per heavy atom. The molecule has 3 aliphatic heterocycles. The lowest BCUT2D eigenvalue weighted by atomic mass is 9.64. The summed E-state index contributed by atoms with van der Waals surface area (Å²) in [4.78, 5) is 6.67. The van der Waals surface area contributed by atoms with E-state index in [1.165, 1.54) is 6.07 Å². The van der Waals surface area contributed by atoms with Crippen LogP contribution in [-0.4, -0.2) is 46.3 Å². The van der Waals surface area contributed by atoms with Crippen LogP contribution in [0.15, 0.2) is 36.9 Å². The smallest absolute Gasteiger partial charge is 0.126 e. The number of halogens is 1. The zero-order valence-electron chi connectivity index (χ0n) is 17.3. The molecule has 1 aromatic carbocycles. The zero-order valence-corrected chi connectivity index (χ0v) is 17.3. The van der Waals surface area contributed by atoms with Crippen LogP contribution in [0.2, 0.25) is 0 Å². The van der Waals surface area contributed by atoms with E-state index in [-0.39, 0.29) is 28.9 Å². The van der Waals surface area contributed by atoms with Gasteiger partial charge in [-0.25, -0.2) is 9.37 Å². The number of hydrogen-bond acceptors (Lipinski definition) is 4. The van der Waals surface area contributed by atoms with Gasteiger partial charge in [-0.1, -0.05) is 0 Å². The van der Waals surface area contributed by atoms with Crippen LogP contribution in [0.5, 0.6) is 5.75 Å². The fourth-order valence-electron chi connectivity index (χ4n) is 5.40. The van der Waals surface area contributed by atoms with Gasteiger partial charge >= 0.3 is 0 Å². The number of imidazole rings is 1. The van der Waals surface area contributed by atoms with Crippen LogP contribution in [0.3, 0.4) is 0 Å². The third-order valence-corrected chi connectivity index (χ3v) is 7.28. The van der Waals surface area contributed by atoms with Crippen molar-refractivity contribution in [3.8, 4) is 5.75 Å². The molecule has 0 radical (unpaired) electrons. The van der Waals surface area contributed by atoms with E-state index in [0.29, 0.717) is 0 Å². The van der Waals surface area contributed by atoms with E-state index in [1.807, 2.05) is 18.7 Å². The van der Waals surface area contributed by atoms with Crippen molar-refractivity contribution in [2.24, 2.45) is 11.3 Å². The Kier molecular flexibility index (Phi) is 4.67. The predicted octanol–water partition coefficient (Wildman–Crippen LogP) is 4.05. The number of aromatic nitrogens is 2. The second kappa shape index (κ2) is 7.10. The average molecular weight is 400 g/mol. The molecular formula is C23H30FN3O2. The predicted molar refractivity (Wildman–Crippen MR) is 108 cm³/mol. The van der Waals surface area contributed by atoms with Crippen LogP contribution >= 0.6 is 0 Å². The Bertz CT molecular complexity index is 859. The van der Waals surface area contributed by atoms with Crippen molar-refractivity contribution in [2.75, 3.05) is 26.2 Å². The van der Waals surface area contributed by atoms with Crippen molar-refractivity contribution in [2.45, 2.75) is 51.4 Å². The molecule has 0 amide bonds. The number of rotatable bonds is 3. The van der Waals surface area contributed by atoms with Crippen molar-refractivity contribution in [1.29, 1.82) is 0 Å². The summed E-state index contributed by atoms with van der Waals surface area (Å²) in [5.74, 6) is 0.784. The molecule has 2 saturated heterocycles. The lowest BCUT2D eigenvalue weighted by Crippen LogP contribution is -2.54. The lowest BCUT2D eigenvalue weighted by molar-refractivity contribution is -0.174. The molecule has 5 nitrogen and oxygen atoms in total. The summed E-state index contributed by atoms with van der Waals surface area (Å²) < 4.78 is 28.8. The van der Waals surface area contributed by atoms with Crippen molar-refractivity contribution in [3.05, 3.63) is 48.3 Å². The van der Waals surface area contributed by atoms with E-state index in [2.05, 4.69) is 28.3 Å². The van der Waals surface area contributed by atoms with Gasteiger partial charge in [-0.15, -0.1) is 0 Å². The van der Waals surface area contributed by atoms with Gasteiger partial charge < -0.3 is 18.9 Å². The number of ether oxygens (including phenoxy) is 2. The molecule has 1 aromatic heterocycles. The molecule has 4 heterocycles. The van der Waals surface area contributed by atoms with Gasteiger partial charge in [-0.2, -0.15) is 0 Å². The molecule has 2 atom stereocenters. The Balaban J connectivity index is 1.27. The standard InChI is InChI=1S/C23H30FN3O2/c1-22(2)19-14-23(5-8-26(9-6-23)11-12-27-10-7-25-16-27)15-28-21(19)18-13-17(24)3-4-20(18)29-22/h3-4,7,10,13,16,19,21H,5-6,8-9,11-12,14-15H2,1-2H3/t19-,21+/m1/s1. The molecule has 0 bridgehead atoms. The highest BCUT2D eigenvalue weighted by molar-refractivity contribution is 5.39. The summed E-state index contributed by atoms with van der Waals surface area (Å²) in [5, 5.41) is 0. The number of piperidine rings is 1. The Hall–Kier alpha value is -1.92. The number of likely N-dealkylation sites (tertiary alicyclic amines) is 1. The molecule has 1 spiro atoms. The molecular weight excluding hydrogens is 369 g/mol. The first-order chi connectivity index (χ1) is 13.9. The van der Waals surface area contributed by atoms with Crippen LogP contribution in [0, 0.1) is 17.2 Å². The summed E-state index contributed by atoms with van der Waals surface area (Å²) in [6, 6.07) is 4.81. The second-order valence-corrected chi connectivity index (χ2v) is 9.57. The summed E-state index contributed by atoms with van der Waals surface area (Å²) in [6.45, 7) is 9.30. The Labute approximate surface area is 171 Å². The molecule has 6 heteroatoms. The first kappa shape index (κ1) is 19.1. The highest BCUT2D eigenvalue weighted by Crippen LogP contribution is 2.55. The Morgan fingerprint density at radius 2 is 2.03 bits per heavy atom. The highest BCUT2D eigenvalue weighted by atomic mass is 19.1. The van der Waals surface area contributed by atoms with Crippen LogP contribution < -0.4 is 4.74 Å². The van der Waals surface area contributed by atoms with Gasteiger partial charge in [0.1, 0.15) is 17.2 Å². The number of nitrogens with zero attached hydrogens (tertiary/aromatic N) is 3. The number of hydrogen-bond donors (Lipinski definition) is 0. The molecule has 156 valence electrons. The maximum absolute atomic E-state index is 13.9. The molecule has 2 fully saturated rings. The van der Waals surface area contributed by atoms with Gasteiger partial charge in [-0.3, -0.25) is 0 Å². The van der Waals surface area contributed by atoms with Gasteiger partial charge in [0.15, 0.2) is 0 Å². The van der Waals surface area contributed by atoms with Crippen LogP contribution in [0.25, 0.3) is 0 Å². The van der Waals surface area contributed by atoms with Gasteiger partial charge in [0.25, 0.3) is 0 Å². The highest BCUT2D eigenvalue weighted by Gasteiger charge is 2.52. The number of benzene rings is 1. The van der Waals surface area contributed by atoms with Crippen LogP contribution in [0.4, 0.5) is 4.39 Å². The molecule has 3 aliphatic rings. The minimum Gasteiger partial charge on any atom is -0.487 e. The van der Waals surface area contributed by atoms with Crippen molar-refractivity contribution in [3.63, 3.8) is 0 Å². The molecule has 0 N–H and O–H groups in total. The second-order valence-electron chi connectivity index (χ2n) is 9.57. The molecule has 0 unspecified atom stereocenters. The first-order valence-corrected chi connectivity index (χ1v) is 10.7. The summed E-state index contributed by atoms with van der Waals surface area (Å²) in [7, 11) is 0. The van der Waals surface area contributed by atoms with Crippen LogP contribution in [-0.2, 0) is 11.3 Å². The van der Waals surface area contributed by atoms with Gasteiger partial charge in [0.2, 0.25) is 0 Å². The monoisotopic (exact) mass is 399 g/mol. The van der Waals surface area contributed by atoms with Crippen molar-refractivity contribution >= 4 is 0 Å². The normalized spacial score (nSPS) is 27.8. The Morgan fingerprint density at radius 3 is 2.79 bits per heavy atom. The largest absolute Gasteiger partial charge is 0.487 e. The summed E-state index contributed by atoms with van der Waals surface area (Å²) >= 11 is 0. The fraction of sp³-hybridized carbons (Fsp3) is 0.609. The molecule has 5 rings (SSSR count). The number of fused-ring (bicyclic) bond motifs is 3. The molecule has 2 aromatic rings. The van der Waals surface area contributed by atoms with E-state index in [4.69, 9.17) is 9.47 Å². The maximum Gasteiger partial charge on any atom is 0.126 e. The van der Waals surface area contributed by atoms with Gasteiger partial charge in [-0.05, 0) is 69.8 Å². The third-order valence-electron chi connectivity index (χ3n) is 7.28. The van der Waals surface area contributed by atoms with E-state index in [0.717, 1.165) is 63.4 Å². The van der Waals surface area contributed by atoms with E-state index in [9.17, 15) is 4.39 Å².